The van der Waals surface area contributed by atoms with Gasteiger partial charge in [0.15, 0.2) is 0 Å². The zero-order chi connectivity index (χ0) is 9.68. The smallest absolute Gasteiger partial charge is 0.0593 e. The average Bonchev–Trinajstić information content (AvgIpc) is 2.13. The zero-order valence-corrected chi connectivity index (χ0v) is 8.01. The van der Waals surface area contributed by atoms with Crippen LogP contribution in [0.1, 0.15) is 18.9 Å². The minimum atomic E-state index is 0.663. The molecule has 0 heterocycles. The van der Waals surface area contributed by atoms with Gasteiger partial charge in [-0.15, -0.1) is 0 Å². The van der Waals surface area contributed by atoms with Crippen molar-refractivity contribution in [1.29, 1.82) is 0 Å². The molecule has 0 amide bonds. The van der Waals surface area contributed by atoms with Gasteiger partial charge in [0, 0.05) is 6.54 Å². The third kappa shape index (κ3) is 2.63. The number of benzene rings is 1. The number of nitrogens with one attached hydrogen (secondary N) is 1. The van der Waals surface area contributed by atoms with Gasteiger partial charge in [-0.05, 0) is 24.6 Å². The molecule has 13 heavy (non-hydrogen) atoms. The maximum Gasteiger partial charge on any atom is 0.0593 e. The number of nitrogens with two attached hydrogens (primary N) is 2. The van der Waals surface area contributed by atoms with Crippen molar-refractivity contribution >= 4 is 11.4 Å². The van der Waals surface area contributed by atoms with Crippen molar-refractivity contribution in [1.82, 2.24) is 5.32 Å². The van der Waals surface area contributed by atoms with Crippen LogP contribution >= 0.6 is 0 Å². The van der Waals surface area contributed by atoms with Crippen LogP contribution in [0.5, 0.6) is 0 Å². The minimum absolute atomic E-state index is 0.663. The minimum Gasteiger partial charge on any atom is -0.397 e. The molecule has 0 aliphatic rings. The van der Waals surface area contributed by atoms with Crippen molar-refractivity contribution in [2.75, 3.05) is 18.0 Å². The summed E-state index contributed by atoms with van der Waals surface area (Å²) in [5.74, 6) is 0. The van der Waals surface area contributed by atoms with E-state index < -0.39 is 0 Å². The fourth-order valence-corrected chi connectivity index (χ4v) is 1.19. The van der Waals surface area contributed by atoms with Crippen LogP contribution in [0.2, 0.25) is 0 Å². The summed E-state index contributed by atoms with van der Waals surface area (Å²) in [6.07, 6.45) is 1.13. The van der Waals surface area contributed by atoms with E-state index in [9.17, 15) is 0 Å². The zero-order valence-electron chi connectivity index (χ0n) is 8.01. The van der Waals surface area contributed by atoms with Gasteiger partial charge in [-0.1, -0.05) is 19.1 Å². The van der Waals surface area contributed by atoms with Crippen LogP contribution in [0.3, 0.4) is 0 Å². The Balaban J connectivity index is 2.61. The number of hydrogen-bond acceptors (Lipinski definition) is 3. The monoisotopic (exact) mass is 179 g/mol. The van der Waals surface area contributed by atoms with Gasteiger partial charge < -0.3 is 16.8 Å². The first-order valence-corrected chi connectivity index (χ1v) is 4.59. The van der Waals surface area contributed by atoms with Gasteiger partial charge in [-0.2, -0.15) is 0 Å². The molecule has 0 unspecified atom stereocenters. The first kappa shape index (κ1) is 9.86. The summed E-state index contributed by atoms with van der Waals surface area (Å²) in [6.45, 7) is 3.94. The van der Waals surface area contributed by atoms with Crippen LogP contribution in [0, 0.1) is 0 Å². The lowest BCUT2D eigenvalue weighted by molar-refractivity contribution is 0.676. The molecule has 0 saturated carbocycles. The summed E-state index contributed by atoms with van der Waals surface area (Å²) in [4.78, 5) is 0. The largest absolute Gasteiger partial charge is 0.397 e. The van der Waals surface area contributed by atoms with Gasteiger partial charge in [-0.25, -0.2) is 0 Å². The molecule has 0 fully saturated rings. The van der Waals surface area contributed by atoms with Crippen molar-refractivity contribution in [2.45, 2.75) is 19.9 Å². The van der Waals surface area contributed by atoms with Gasteiger partial charge in [0.05, 0.1) is 11.4 Å². The maximum atomic E-state index is 5.80. The Hall–Kier alpha value is -1.22. The van der Waals surface area contributed by atoms with E-state index in [4.69, 9.17) is 11.5 Å². The second-order valence-electron chi connectivity index (χ2n) is 3.10. The lowest BCUT2D eigenvalue weighted by Gasteiger charge is -2.08. The van der Waals surface area contributed by atoms with Gasteiger partial charge in [0.2, 0.25) is 0 Å². The van der Waals surface area contributed by atoms with Gasteiger partial charge in [-0.3, -0.25) is 0 Å². The lowest BCUT2D eigenvalue weighted by Crippen LogP contribution is -2.15. The summed E-state index contributed by atoms with van der Waals surface area (Å²) in [7, 11) is 0. The first-order chi connectivity index (χ1) is 6.25. The molecular weight excluding hydrogens is 162 g/mol. The molecule has 3 heteroatoms. The Kier molecular flexibility index (Phi) is 3.58. The average molecular weight is 179 g/mol. The van der Waals surface area contributed by atoms with E-state index in [1.807, 2.05) is 18.2 Å². The van der Waals surface area contributed by atoms with E-state index in [1.165, 1.54) is 0 Å². The fraction of sp³-hybridized carbons (Fsp3) is 0.400. The van der Waals surface area contributed by atoms with Crippen molar-refractivity contribution < 1.29 is 0 Å². The van der Waals surface area contributed by atoms with Crippen LogP contribution < -0.4 is 16.8 Å². The predicted molar refractivity (Wildman–Crippen MR) is 57.3 cm³/mol. The van der Waals surface area contributed by atoms with E-state index in [0.29, 0.717) is 11.4 Å². The van der Waals surface area contributed by atoms with Crippen LogP contribution in [0.4, 0.5) is 11.4 Å². The Morgan fingerprint density at radius 2 is 2.08 bits per heavy atom. The molecule has 0 radical (unpaired) electrons. The van der Waals surface area contributed by atoms with E-state index >= 15 is 0 Å². The van der Waals surface area contributed by atoms with Gasteiger partial charge in [0.1, 0.15) is 0 Å². The topological polar surface area (TPSA) is 64.1 Å². The van der Waals surface area contributed by atoms with E-state index in [-0.39, 0.29) is 0 Å². The molecule has 0 spiro atoms. The summed E-state index contributed by atoms with van der Waals surface area (Å²) in [6, 6.07) is 5.74. The highest BCUT2D eigenvalue weighted by Crippen LogP contribution is 2.18. The number of para-hydroxylation sites is 1. The summed E-state index contributed by atoms with van der Waals surface area (Å²) >= 11 is 0. The molecule has 1 aromatic rings. The van der Waals surface area contributed by atoms with Crippen LogP contribution in [0.15, 0.2) is 18.2 Å². The van der Waals surface area contributed by atoms with Crippen LogP contribution in [-0.2, 0) is 6.54 Å². The standard InChI is InChI=1S/C10H17N3/c1-2-6-13-7-8-4-3-5-9(11)10(8)12/h3-5,13H,2,6-7,11-12H2,1H3. The second kappa shape index (κ2) is 4.72. The van der Waals surface area contributed by atoms with Gasteiger partial charge in [0.25, 0.3) is 0 Å². The molecule has 0 saturated heterocycles. The third-order valence-electron chi connectivity index (χ3n) is 1.97. The highest BCUT2D eigenvalue weighted by molar-refractivity contribution is 5.67. The first-order valence-electron chi connectivity index (χ1n) is 4.59. The molecule has 0 aromatic heterocycles. The molecular formula is C10H17N3. The Morgan fingerprint density at radius 3 is 2.77 bits per heavy atom. The van der Waals surface area contributed by atoms with E-state index in [2.05, 4.69) is 12.2 Å². The number of rotatable bonds is 4. The van der Waals surface area contributed by atoms with E-state index in [0.717, 1.165) is 25.1 Å². The summed E-state index contributed by atoms with van der Waals surface area (Å²) in [5, 5.41) is 3.28. The molecule has 3 nitrogen and oxygen atoms in total. The van der Waals surface area contributed by atoms with E-state index in [1.54, 1.807) is 0 Å². The summed E-state index contributed by atoms with van der Waals surface area (Å²) < 4.78 is 0. The highest BCUT2D eigenvalue weighted by atomic mass is 14.9. The normalized spacial score (nSPS) is 10.2. The molecule has 0 aliphatic carbocycles. The highest BCUT2D eigenvalue weighted by Gasteiger charge is 2.00. The van der Waals surface area contributed by atoms with Crippen LogP contribution in [-0.4, -0.2) is 6.54 Å². The summed E-state index contributed by atoms with van der Waals surface area (Å²) in [5.41, 5.74) is 13.9. The Morgan fingerprint density at radius 1 is 1.31 bits per heavy atom. The molecule has 1 aromatic carbocycles. The quantitative estimate of drug-likeness (QED) is 0.483. The molecule has 5 N–H and O–H groups in total. The Bertz CT molecular complexity index is 271. The Labute approximate surface area is 79.1 Å². The second-order valence-corrected chi connectivity index (χ2v) is 3.10. The van der Waals surface area contributed by atoms with Crippen molar-refractivity contribution in [2.24, 2.45) is 0 Å². The van der Waals surface area contributed by atoms with Crippen LogP contribution in [0.25, 0.3) is 0 Å². The molecule has 72 valence electrons. The third-order valence-corrected chi connectivity index (χ3v) is 1.97. The number of anilines is 2. The molecule has 1 rings (SSSR count). The SMILES string of the molecule is CCCNCc1cccc(N)c1N. The van der Waals surface area contributed by atoms with Crippen molar-refractivity contribution in [3.8, 4) is 0 Å². The lowest BCUT2D eigenvalue weighted by atomic mass is 10.1. The van der Waals surface area contributed by atoms with Crippen molar-refractivity contribution in [3.63, 3.8) is 0 Å². The fourth-order valence-electron chi connectivity index (χ4n) is 1.19. The molecule has 0 atom stereocenters. The van der Waals surface area contributed by atoms with Crippen molar-refractivity contribution in [3.05, 3.63) is 23.8 Å². The number of nitrogen functional groups attached to an aromatic ring is 2. The predicted octanol–water partition coefficient (Wildman–Crippen LogP) is 1.35. The molecule has 0 aliphatic heterocycles. The van der Waals surface area contributed by atoms with Gasteiger partial charge >= 0.3 is 0 Å². The molecule has 0 bridgehead atoms. The number of hydrogen-bond donors (Lipinski definition) is 3. The maximum absolute atomic E-state index is 5.80.